The van der Waals surface area contributed by atoms with Gasteiger partial charge < -0.3 is 54.5 Å². The van der Waals surface area contributed by atoms with Gasteiger partial charge in [-0.05, 0) is 43.5 Å². The van der Waals surface area contributed by atoms with Gasteiger partial charge in [0.25, 0.3) is 11.8 Å². The van der Waals surface area contributed by atoms with Crippen LogP contribution in [0.4, 0.5) is 11.9 Å². The second kappa shape index (κ2) is 22.8. The minimum atomic E-state index is -1.09. The molecule has 0 aliphatic carbocycles. The van der Waals surface area contributed by atoms with Crippen LogP contribution in [0.3, 0.4) is 0 Å². The van der Waals surface area contributed by atoms with Crippen molar-refractivity contribution in [3.63, 3.8) is 0 Å². The minimum absolute atomic E-state index is 0.00627. The van der Waals surface area contributed by atoms with Gasteiger partial charge in [-0.25, -0.2) is 19.9 Å². The molecule has 0 aliphatic rings. The molecule has 0 saturated carbocycles. The molecule has 0 bridgehead atoms. The third-order valence-electron chi connectivity index (χ3n) is 11.1. The Morgan fingerprint density at radius 1 is 0.761 bits per heavy atom. The predicted octanol–water partition coefficient (Wildman–Crippen LogP) is 4.17. The van der Waals surface area contributed by atoms with Gasteiger partial charge in [0.05, 0.1) is 54.7 Å². The molecule has 4 aromatic heterocycles. The van der Waals surface area contributed by atoms with Crippen molar-refractivity contribution in [1.29, 1.82) is 0 Å². The first-order valence-electron chi connectivity index (χ1n) is 22.6. The zero-order valence-corrected chi connectivity index (χ0v) is 40.0. The molecule has 2 atom stereocenters. The number of ketones is 1. The number of nitrogens with one attached hydrogen (secondary N) is 2. The zero-order chi connectivity index (χ0) is 51.7. The van der Waals surface area contributed by atoms with Gasteiger partial charge in [-0.15, -0.1) is 0 Å². The number of hydrogen-bond donors (Lipinski definition) is 6. The Hall–Kier alpha value is -8.41. The number of carboxylic acids is 1. The number of esters is 1. The average Bonchev–Trinajstić information content (AvgIpc) is 4.10. The number of nitrogens with zero attached hydrogens (tertiary/aromatic N) is 6. The molecule has 24 heteroatoms. The van der Waals surface area contributed by atoms with Crippen LogP contribution >= 0.6 is 0 Å². The number of allylic oxidation sites excluding steroid dienone is 2. The van der Waals surface area contributed by atoms with Crippen LogP contribution in [0.2, 0.25) is 0 Å². The van der Waals surface area contributed by atoms with Gasteiger partial charge in [0, 0.05) is 57.3 Å². The van der Waals surface area contributed by atoms with E-state index in [0.29, 0.717) is 41.2 Å². The molecular formula is C47H55N11O13. The fourth-order valence-electron chi connectivity index (χ4n) is 7.54. The maximum Gasteiger partial charge on any atom is 0.309 e. The topological polar surface area (TPSA) is 357 Å². The molecule has 376 valence electrons. The van der Waals surface area contributed by atoms with Crippen LogP contribution in [0.5, 0.6) is 11.5 Å². The fourth-order valence-corrected chi connectivity index (χ4v) is 7.54. The van der Waals surface area contributed by atoms with E-state index < -0.39 is 53.3 Å². The molecule has 2 aromatic carbocycles. The van der Waals surface area contributed by atoms with Gasteiger partial charge in [-0.3, -0.25) is 44.2 Å². The maximum atomic E-state index is 13.8. The lowest BCUT2D eigenvalue weighted by molar-refractivity contribution is -0.150. The van der Waals surface area contributed by atoms with Crippen molar-refractivity contribution in [3.05, 3.63) is 82.2 Å². The first-order valence-corrected chi connectivity index (χ1v) is 22.6. The van der Waals surface area contributed by atoms with Crippen LogP contribution in [-0.2, 0) is 45.1 Å². The lowest BCUT2D eigenvalue weighted by Crippen LogP contribution is -2.33. The summed E-state index contributed by atoms with van der Waals surface area (Å²) in [6, 6.07) is 4.76. The van der Waals surface area contributed by atoms with Gasteiger partial charge >= 0.3 is 11.9 Å². The largest absolute Gasteiger partial charge is 0.494 e. The number of amides is 4. The summed E-state index contributed by atoms with van der Waals surface area (Å²) < 4.78 is 31.8. The zero-order valence-electron chi connectivity index (χ0n) is 40.0. The lowest BCUT2D eigenvalue weighted by Gasteiger charge is -2.15. The number of Topliss-reactive ketones (excluding diaryl/α,β-unsaturated/α-hetero) is 1. The average molecular weight is 982 g/mol. The summed E-state index contributed by atoms with van der Waals surface area (Å²) in [6.45, 7) is 8.29. The third kappa shape index (κ3) is 12.3. The highest BCUT2D eigenvalue weighted by atomic mass is 16.5. The standard InChI is InChI=1S/C47H55N11O13/c1-7-29-39(70-24(4)51-29)43(64)55-46-53-31-19-26(41(49)62)21-34(67-6)37(31)57(46)14-9-10-15-58-38-32(54-47(58)56-44(65)40-30(8-2)52-25(5)71-40)20-27(42(50)63)22-35(38)68-16-11-17-69-45(66)23(3)18-33(59)28(48)12-13-36(60)61/h9-10,19-23,28H,7-8,11-18,48H2,1-6H3,(H2,49,62)(H2,50,63)(H,60,61)(H,53,55,64)(H,54,56,65)/b10-9+/t23-,28-/m1/s1. The first-order chi connectivity index (χ1) is 33.8. The summed E-state index contributed by atoms with van der Waals surface area (Å²) in [6.07, 6.45) is 3.88. The molecule has 0 saturated heterocycles. The third-order valence-corrected chi connectivity index (χ3v) is 11.1. The summed E-state index contributed by atoms with van der Waals surface area (Å²) in [5.41, 5.74) is 19.4. The molecule has 6 rings (SSSR count). The highest BCUT2D eigenvalue weighted by Gasteiger charge is 2.27. The van der Waals surface area contributed by atoms with Crippen molar-refractivity contribution in [2.75, 3.05) is 31.0 Å². The van der Waals surface area contributed by atoms with Crippen LogP contribution < -0.4 is 37.3 Å². The normalized spacial score (nSPS) is 12.3. The van der Waals surface area contributed by atoms with Crippen LogP contribution in [0.25, 0.3) is 22.1 Å². The predicted molar refractivity (Wildman–Crippen MR) is 254 cm³/mol. The monoisotopic (exact) mass is 981 g/mol. The van der Waals surface area contributed by atoms with E-state index in [0.717, 1.165) is 0 Å². The number of rotatable bonds is 25. The van der Waals surface area contributed by atoms with Crippen molar-refractivity contribution in [2.45, 2.75) is 92.3 Å². The van der Waals surface area contributed by atoms with Crippen LogP contribution in [0, 0.1) is 19.8 Å². The molecule has 4 amide bonds. The Labute approximate surface area is 405 Å². The van der Waals surface area contributed by atoms with Gasteiger partial charge in [0.1, 0.15) is 28.3 Å². The van der Waals surface area contributed by atoms with Crippen LogP contribution in [0.15, 0.2) is 45.3 Å². The number of aryl methyl sites for hydroxylation is 4. The molecule has 24 nitrogen and oxygen atoms in total. The number of benzene rings is 2. The molecule has 71 heavy (non-hydrogen) atoms. The van der Waals surface area contributed by atoms with Crippen LogP contribution in [0.1, 0.15) is 111 Å². The summed E-state index contributed by atoms with van der Waals surface area (Å²) in [4.78, 5) is 106. The lowest BCUT2D eigenvalue weighted by atomic mass is 9.98. The van der Waals surface area contributed by atoms with Crippen molar-refractivity contribution in [1.82, 2.24) is 29.1 Å². The molecule has 0 spiro atoms. The van der Waals surface area contributed by atoms with Crippen molar-refractivity contribution >= 4 is 75.3 Å². The number of imidazole rings is 2. The Balaban J connectivity index is 1.30. The van der Waals surface area contributed by atoms with Crippen molar-refractivity contribution in [2.24, 2.45) is 23.1 Å². The number of fused-ring (bicyclic) bond motifs is 2. The second-order valence-electron chi connectivity index (χ2n) is 16.3. The van der Waals surface area contributed by atoms with E-state index in [-0.39, 0.29) is 115 Å². The second-order valence-corrected chi connectivity index (χ2v) is 16.3. The van der Waals surface area contributed by atoms with E-state index in [1.54, 1.807) is 35.1 Å². The van der Waals surface area contributed by atoms with E-state index in [1.165, 1.54) is 38.3 Å². The summed E-state index contributed by atoms with van der Waals surface area (Å²) in [7, 11) is 1.41. The molecular weight excluding hydrogens is 927 g/mol. The number of primary amides is 2. The SMILES string of the molecule is CCc1nc(C)oc1C(=O)Nc1nc2cc(C(N)=O)cc(OC)c2n1C/C=C/Cn1c(NC(=O)c2oc(C)nc2CC)nc2cc(C(N)=O)cc(OCCCOC(=O)[C@H](C)CC(=O)[C@H](N)CCC(=O)O)c21. The molecule has 6 aromatic rings. The summed E-state index contributed by atoms with van der Waals surface area (Å²) in [5, 5.41) is 14.5. The Morgan fingerprint density at radius 3 is 1.72 bits per heavy atom. The summed E-state index contributed by atoms with van der Waals surface area (Å²) >= 11 is 0. The molecule has 9 N–H and O–H groups in total. The van der Waals surface area contributed by atoms with Gasteiger partial charge in [0.2, 0.25) is 35.2 Å². The number of aromatic nitrogens is 6. The number of carbonyl (C=O) groups excluding carboxylic acids is 6. The maximum absolute atomic E-state index is 13.8. The number of nitrogens with two attached hydrogens (primary N) is 3. The van der Waals surface area contributed by atoms with Crippen molar-refractivity contribution < 1.29 is 61.7 Å². The Bertz CT molecular complexity index is 3050. The number of anilines is 2. The summed E-state index contributed by atoms with van der Waals surface area (Å²) in [5.74, 6) is -4.81. The number of ether oxygens (including phenoxy) is 3. The molecule has 4 heterocycles. The first kappa shape index (κ1) is 52.0. The quantitative estimate of drug-likeness (QED) is 0.0266. The van der Waals surface area contributed by atoms with E-state index >= 15 is 0 Å². The number of carbonyl (C=O) groups is 7. The molecule has 0 aliphatic heterocycles. The Morgan fingerprint density at radius 2 is 1.25 bits per heavy atom. The minimum Gasteiger partial charge on any atom is -0.494 e. The smallest absolute Gasteiger partial charge is 0.309 e. The van der Waals surface area contributed by atoms with E-state index in [1.807, 2.05) is 13.8 Å². The fraction of sp³-hybridized carbons (Fsp3) is 0.383. The van der Waals surface area contributed by atoms with E-state index in [9.17, 15) is 33.6 Å². The van der Waals surface area contributed by atoms with Crippen LogP contribution in [-0.4, -0.2) is 102 Å². The van der Waals surface area contributed by atoms with E-state index in [4.69, 9.17) is 45.4 Å². The molecule has 0 radical (unpaired) electrons. The number of carboxylic acid groups (broad SMARTS) is 1. The number of aliphatic carboxylic acids is 1. The number of hydrogen-bond acceptors (Lipinski definition) is 17. The molecule has 0 unspecified atom stereocenters. The number of oxazole rings is 2. The Kier molecular flexibility index (Phi) is 16.7. The van der Waals surface area contributed by atoms with E-state index in [2.05, 4.69) is 30.6 Å². The highest BCUT2D eigenvalue weighted by Crippen LogP contribution is 2.33. The number of methoxy groups -OCH3 is 1. The van der Waals surface area contributed by atoms with Gasteiger partial charge in [-0.1, -0.05) is 32.9 Å². The molecule has 0 fully saturated rings. The van der Waals surface area contributed by atoms with Gasteiger partial charge in [-0.2, -0.15) is 0 Å². The van der Waals surface area contributed by atoms with Crippen molar-refractivity contribution in [3.8, 4) is 11.5 Å². The highest BCUT2D eigenvalue weighted by molar-refractivity contribution is 6.05. The van der Waals surface area contributed by atoms with Gasteiger partial charge in [0.15, 0.2) is 11.8 Å².